The van der Waals surface area contributed by atoms with E-state index in [0.29, 0.717) is 0 Å². The summed E-state index contributed by atoms with van der Waals surface area (Å²) in [5.41, 5.74) is 27.7. The molecule has 23 aromatic rings. The zero-order valence-corrected chi connectivity index (χ0v) is 59.1. The Bertz CT molecular complexity index is 7380. The fraction of sp³-hybridized carbons (Fsp3) is 0. The summed E-state index contributed by atoms with van der Waals surface area (Å²) in [7, 11) is 0. The van der Waals surface area contributed by atoms with Crippen molar-refractivity contribution in [2.24, 2.45) is 0 Å². The van der Waals surface area contributed by atoms with Crippen LogP contribution in [0.5, 0.6) is 0 Å². The first-order valence-electron chi connectivity index (χ1n) is 37.1. The van der Waals surface area contributed by atoms with Gasteiger partial charge in [-0.25, -0.2) is 0 Å². The lowest BCUT2D eigenvalue weighted by molar-refractivity contribution is 0.660. The molecule has 0 aliphatic carbocycles. The molecule has 0 bridgehead atoms. The van der Waals surface area contributed by atoms with Gasteiger partial charge in [-0.15, -0.1) is 0 Å². The van der Waals surface area contributed by atoms with Crippen LogP contribution in [0.15, 0.2) is 403 Å². The van der Waals surface area contributed by atoms with Gasteiger partial charge in [-0.1, -0.05) is 243 Å². The number of furan rings is 6. The molecule has 0 atom stereocenters. The van der Waals surface area contributed by atoms with Crippen molar-refractivity contribution < 1.29 is 26.5 Å². The molecule has 0 fully saturated rings. The summed E-state index contributed by atoms with van der Waals surface area (Å²) in [5, 5.41) is 12.4. The second kappa shape index (κ2) is 25.4. The van der Waals surface area contributed by atoms with Gasteiger partial charge in [0, 0.05) is 88.0 Å². The second-order valence-corrected chi connectivity index (χ2v) is 28.1. The van der Waals surface area contributed by atoms with Crippen LogP contribution < -0.4 is 9.80 Å². The van der Waals surface area contributed by atoms with Gasteiger partial charge < -0.3 is 36.3 Å². The van der Waals surface area contributed by atoms with Crippen molar-refractivity contribution in [2.75, 3.05) is 9.80 Å². The predicted octanol–water partition coefficient (Wildman–Crippen LogP) is 30.0. The maximum atomic E-state index is 6.79. The summed E-state index contributed by atoms with van der Waals surface area (Å²) in [5.74, 6) is 0. The molecule has 8 heteroatoms. The fourth-order valence-electron chi connectivity index (χ4n) is 16.7. The SMILES string of the molecule is c1ccc(-c2ccc(N(c3ccc(-c4ccccc4)cc3)c3ccc(-c4cc5oc6ccc7oc8ccccc8c7c6c5c5oc6ccccc6c45)cc3)cc2)cc1.c1ccc(-c2ccc(N(c3ccccc3)c3ccc(-c4cc5oc6ccc7oc8ccccc8c7c6c5c5oc6ccccc6c45)cc3)cc2)cc1. The first-order valence-corrected chi connectivity index (χ1v) is 37.1. The van der Waals surface area contributed by atoms with Crippen LogP contribution in [-0.2, 0) is 0 Å². The predicted molar refractivity (Wildman–Crippen MR) is 453 cm³/mol. The van der Waals surface area contributed by atoms with Gasteiger partial charge in [-0.2, -0.15) is 0 Å². The Morgan fingerprint density at radius 2 is 0.382 bits per heavy atom. The average molecular weight is 1410 g/mol. The van der Waals surface area contributed by atoms with Crippen molar-refractivity contribution in [3.8, 4) is 55.6 Å². The monoisotopic (exact) mass is 1410 g/mol. The van der Waals surface area contributed by atoms with E-state index in [1.807, 2.05) is 78.9 Å². The smallest absolute Gasteiger partial charge is 0.147 e. The Kier molecular flexibility index (Phi) is 14.5. The third-order valence-electron chi connectivity index (χ3n) is 21.8. The summed E-state index contributed by atoms with van der Waals surface area (Å²) in [4.78, 5) is 4.61. The van der Waals surface area contributed by atoms with Crippen molar-refractivity contribution in [1.29, 1.82) is 0 Å². The third kappa shape index (κ3) is 10.3. The Balaban J connectivity index is 0.000000136. The van der Waals surface area contributed by atoms with Crippen LogP contribution in [0.2, 0.25) is 0 Å². The number of benzene rings is 17. The molecule has 8 nitrogen and oxygen atoms in total. The van der Waals surface area contributed by atoms with E-state index in [9.17, 15) is 0 Å². The Hall–Kier alpha value is -14.9. The lowest BCUT2D eigenvalue weighted by atomic mass is 9.96. The average Bonchev–Trinajstić information content (AvgIpc) is 1.55. The standard InChI is InChI=1S/C54H33NO3.C48H29NO3/c1-3-11-34(12-4-1)36-19-25-39(26-20-36)55(40-27-21-37(22-28-40)35-13-5-2-6-14-35)41-29-23-38(24-30-41)44-33-49-53(54-50(44)42-15-7-10-18-46(42)58-54)52-48(57-49)32-31-47-51(52)43-16-8-9-17-45(43)56-47;1-3-11-30(12-4-1)31-19-23-34(24-20-31)49(33-13-5-2-6-14-33)35-25-21-32(22-26-35)38-29-43-47(48-44(38)36-15-7-10-18-40(36)52-48)46-42(51-43)28-27-41-45(46)37-16-8-9-17-39(37)50-41/h1-33H;1-29H. The van der Waals surface area contributed by atoms with Crippen molar-refractivity contribution in [3.63, 3.8) is 0 Å². The van der Waals surface area contributed by atoms with Gasteiger partial charge >= 0.3 is 0 Å². The first-order chi connectivity index (χ1) is 54.5. The summed E-state index contributed by atoms with van der Waals surface area (Å²) >= 11 is 0. The molecule has 516 valence electrons. The van der Waals surface area contributed by atoms with Gasteiger partial charge in [0.15, 0.2) is 0 Å². The van der Waals surface area contributed by atoms with Crippen LogP contribution in [0.3, 0.4) is 0 Å². The van der Waals surface area contributed by atoms with Gasteiger partial charge in [0.2, 0.25) is 0 Å². The van der Waals surface area contributed by atoms with Gasteiger partial charge in [-0.3, -0.25) is 0 Å². The second-order valence-electron chi connectivity index (χ2n) is 28.1. The van der Waals surface area contributed by atoms with Crippen molar-refractivity contribution >= 4 is 166 Å². The van der Waals surface area contributed by atoms with E-state index < -0.39 is 0 Å². The van der Waals surface area contributed by atoms with Gasteiger partial charge in [-0.05, 0) is 189 Å². The summed E-state index contributed by atoms with van der Waals surface area (Å²) in [6.07, 6.45) is 0. The highest BCUT2D eigenvalue weighted by molar-refractivity contribution is 6.35. The lowest BCUT2D eigenvalue weighted by Gasteiger charge is -2.26. The number of fused-ring (bicyclic) bond motifs is 22. The molecule has 0 unspecified atom stereocenters. The maximum Gasteiger partial charge on any atom is 0.147 e. The van der Waals surface area contributed by atoms with Crippen LogP contribution in [0.25, 0.3) is 187 Å². The van der Waals surface area contributed by atoms with Gasteiger partial charge in [0.1, 0.15) is 67.0 Å². The summed E-state index contributed by atoms with van der Waals surface area (Å²) < 4.78 is 39.5. The minimum Gasteiger partial charge on any atom is -0.456 e. The van der Waals surface area contributed by atoms with E-state index >= 15 is 0 Å². The number of para-hydroxylation sites is 5. The summed E-state index contributed by atoms with van der Waals surface area (Å²) in [6, 6.07) is 131. The van der Waals surface area contributed by atoms with Crippen LogP contribution in [0.4, 0.5) is 34.1 Å². The quantitative estimate of drug-likeness (QED) is 0.127. The topological polar surface area (TPSA) is 85.3 Å². The molecule has 0 saturated carbocycles. The van der Waals surface area contributed by atoms with Crippen LogP contribution in [-0.4, -0.2) is 0 Å². The zero-order chi connectivity index (χ0) is 72.3. The van der Waals surface area contributed by atoms with E-state index in [-0.39, 0.29) is 0 Å². The normalized spacial score (nSPS) is 11.8. The molecule has 23 rings (SSSR count). The first kappa shape index (κ1) is 62.5. The number of anilines is 6. The molecule has 0 radical (unpaired) electrons. The summed E-state index contributed by atoms with van der Waals surface area (Å²) in [6.45, 7) is 0. The Morgan fingerprint density at radius 1 is 0.145 bits per heavy atom. The highest BCUT2D eigenvalue weighted by atomic mass is 16.4. The Labute approximate surface area is 629 Å². The molecule has 0 saturated heterocycles. The molecule has 6 aromatic heterocycles. The van der Waals surface area contributed by atoms with E-state index in [1.54, 1.807) is 0 Å². The molecule has 110 heavy (non-hydrogen) atoms. The molecular weight excluding hydrogens is 1350 g/mol. The van der Waals surface area contributed by atoms with Crippen LogP contribution >= 0.6 is 0 Å². The molecule has 0 N–H and O–H groups in total. The van der Waals surface area contributed by atoms with E-state index in [1.165, 1.54) is 33.4 Å². The largest absolute Gasteiger partial charge is 0.456 e. The minimum absolute atomic E-state index is 0.775. The van der Waals surface area contributed by atoms with Crippen molar-refractivity contribution in [3.05, 3.63) is 376 Å². The van der Waals surface area contributed by atoms with Crippen LogP contribution in [0.1, 0.15) is 0 Å². The lowest BCUT2D eigenvalue weighted by Crippen LogP contribution is -2.09. The van der Waals surface area contributed by atoms with Gasteiger partial charge in [0.25, 0.3) is 0 Å². The third-order valence-corrected chi connectivity index (χ3v) is 21.8. The number of hydrogen-bond acceptors (Lipinski definition) is 8. The minimum atomic E-state index is 0.775. The van der Waals surface area contributed by atoms with E-state index in [0.717, 1.165) is 188 Å². The molecule has 0 aliphatic heterocycles. The zero-order valence-electron chi connectivity index (χ0n) is 59.1. The molecule has 6 heterocycles. The molecule has 0 spiro atoms. The van der Waals surface area contributed by atoms with Crippen molar-refractivity contribution in [1.82, 2.24) is 0 Å². The van der Waals surface area contributed by atoms with Crippen molar-refractivity contribution in [2.45, 2.75) is 0 Å². The highest BCUT2D eigenvalue weighted by Crippen LogP contribution is 2.51. The molecule has 0 amide bonds. The maximum absolute atomic E-state index is 6.79. The highest BCUT2D eigenvalue weighted by Gasteiger charge is 2.27. The van der Waals surface area contributed by atoms with E-state index in [2.05, 4.69) is 307 Å². The number of rotatable bonds is 11. The molecular formula is C102H62N2O6. The molecule has 0 aliphatic rings. The van der Waals surface area contributed by atoms with Crippen LogP contribution in [0, 0.1) is 0 Å². The van der Waals surface area contributed by atoms with E-state index in [4.69, 9.17) is 26.5 Å². The Morgan fingerprint density at radius 3 is 0.709 bits per heavy atom. The van der Waals surface area contributed by atoms with Gasteiger partial charge in [0.05, 0.1) is 10.8 Å². The number of hydrogen-bond donors (Lipinski definition) is 0. The fourth-order valence-corrected chi connectivity index (χ4v) is 16.7. The number of nitrogens with zero attached hydrogens (tertiary/aromatic N) is 2. The molecule has 17 aromatic carbocycles.